The fraction of sp³-hybridized carbons (Fsp3) is 0.391. The minimum atomic E-state index is 0.467. The third-order valence-corrected chi connectivity index (χ3v) is 6.37. The number of hydrogen-bond donors (Lipinski definition) is 1. The first-order chi connectivity index (χ1) is 15.7. The fourth-order valence-electron chi connectivity index (χ4n) is 4.53. The van der Waals surface area contributed by atoms with Gasteiger partial charge in [-0.25, -0.2) is 15.0 Å². The van der Waals surface area contributed by atoms with Crippen molar-refractivity contribution in [2.75, 3.05) is 50.1 Å². The smallest absolute Gasteiger partial charge is 0.295 e. The molecule has 0 spiro atoms. The third kappa shape index (κ3) is 3.34. The van der Waals surface area contributed by atoms with Crippen LogP contribution in [-0.2, 0) is 4.74 Å². The van der Waals surface area contributed by atoms with Crippen molar-refractivity contribution in [1.82, 2.24) is 24.8 Å². The van der Waals surface area contributed by atoms with Gasteiger partial charge in [0, 0.05) is 44.3 Å². The Morgan fingerprint density at radius 1 is 1.06 bits per heavy atom. The Morgan fingerprint density at radius 3 is 2.81 bits per heavy atom. The molecule has 6 rings (SSSR count). The lowest BCUT2D eigenvalue weighted by Gasteiger charge is -2.49. The lowest BCUT2D eigenvalue weighted by atomic mass is 10.0. The van der Waals surface area contributed by atoms with Crippen LogP contribution < -0.4 is 10.2 Å². The Morgan fingerprint density at radius 2 is 1.97 bits per heavy atom. The zero-order valence-electron chi connectivity index (χ0n) is 18.2. The number of rotatable bonds is 4. The molecular formula is C23H25N7O2. The van der Waals surface area contributed by atoms with Crippen molar-refractivity contribution in [3.8, 4) is 11.3 Å². The van der Waals surface area contributed by atoms with Gasteiger partial charge in [0.1, 0.15) is 16.9 Å². The predicted octanol–water partition coefficient (Wildman–Crippen LogP) is 2.78. The Balaban J connectivity index is 1.25. The molecule has 0 amide bonds. The average Bonchev–Trinajstić information content (AvgIpc) is 3.21. The van der Waals surface area contributed by atoms with Crippen molar-refractivity contribution in [1.29, 1.82) is 0 Å². The van der Waals surface area contributed by atoms with E-state index in [9.17, 15) is 0 Å². The Hall–Kier alpha value is -3.30. The van der Waals surface area contributed by atoms with Crippen molar-refractivity contribution in [3.05, 3.63) is 36.5 Å². The van der Waals surface area contributed by atoms with E-state index in [0.29, 0.717) is 23.7 Å². The topological polar surface area (TPSA) is 92.4 Å². The normalized spacial score (nSPS) is 20.1. The fourth-order valence-corrected chi connectivity index (χ4v) is 4.53. The van der Waals surface area contributed by atoms with Gasteiger partial charge in [0.2, 0.25) is 0 Å². The van der Waals surface area contributed by atoms with Crippen molar-refractivity contribution >= 4 is 34.1 Å². The molecule has 5 heterocycles. The van der Waals surface area contributed by atoms with E-state index in [1.54, 1.807) is 7.05 Å². The lowest BCUT2D eigenvalue weighted by Crippen LogP contribution is -2.64. The molecular weight excluding hydrogens is 406 g/mol. The summed E-state index contributed by atoms with van der Waals surface area (Å²) in [5.74, 6) is 0.880. The first-order valence-electron chi connectivity index (χ1n) is 11.0. The molecule has 4 aromatic rings. The van der Waals surface area contributed by atoms with Crippen molar-refractivity contribution in [2.45, 2.75) is 19.0 Å². The quantitative estimate of drug-likeness (QED) is 0.523. The van der Waals surface area contributed by atoms with Gasteiger partial charge < -0.3 is 19.4 Å². The zero-order valence-corrected chi connectivity index (χ0v) is 18.2. The SMILES string of the molecule is CNc1nc2cc(-c3ccc4ncc(N5CC(N6CCOC[C@H]6C)C5)nc4n3)ccc2o1. The van der Waals surface area contributed by atoms with E-state index in [1.807, 2.05) is 36.5 Å². The highest BCUT2D eigenvalue weighted by Crippen LogP contribution is 2.28. The summed E-state index contributed by atoms with van der Waals surface area (Å²) in [6.07, 6.45) is 1.85. The molecule has 2 saturated heterocycles. The van der Waals surface area contributed by atoms with Gasteiger partial charge >= 0.3 is 0 Å². The van der Waals surface area contributed by atoms with Crippen molar-refractivity contribution < 1.29 is 9.15 Å². The van der Waals surface area contributed by atoms with Gasteiger partial charge in [-0.2, -0.15) is 4.98 Å². The second-order valence-electron chi connectivity index (χ2n) is 8.44. The van der Waals surface area contributed by atoms with Crippen LogP contribution in [0, 0.1) is 0 Å². The molecule has 1 atom stereocenters. The van der Waals surface area contributed by atoms with Crippen LogP contribution in [0.2, 0.25) is 0 Å². The summed E-state index contributed by atoms with van der Waals surface area (Å²) in [7, 11) is 1.79. The van der Waals surface area contributed by atoms with Crippen LogP contribution in [0.1, 0.15) is 6.92 Å². The molecule has 164 valence electrons. The molecule has 0 radical (unpaired) electrons. The molecule has 1 N–H and O–H groups in total. The standard InChI is InChI=1S/C23H25N7O2/c1-14-13-31-8-7-30(14)16-11-29(12-16)21-10-25-18-5-4-17(26-22(18)28-21)15-3-6-20-19(9-15)27-23(24-2)32-20/h3-6,9-10,14,16H,7-8,11-13H2,1-2H3,(H,24,27)/t14-/m1/s1. The minimum absolute atomic E-state index is 0.467. The van der Waals surface area contributed by atoms with Crippen molar-refractivity contribution in [3.63, 3.8) is 0 Å². The van der Waals surface area contributed by atoms with Crippen molar-refractivity contribution in [2.24, 2.45) is 0 Å². The summed E-state index contributed by atoms with van der Waals surface area (Å²) in [5, 5.41) is 2.93. The maximum atomic E-state index is 5.62. The number of nitrogens with one attached hydrogen (secondary N) is 1. The lowest BCUT2D eigenvalue weighted by molar-refractivity contribution is -0.0275. The van der Waals surface area contributed by atoms with Crippen LogP contribution in [0.25, 0.3) is 33.5 Å². The van der Waals surface area contributed by atoms with E-state index in [4.69, 9.17) is 19.1 Å². The molecule has 0 unspecified atom stereocenters. The number of pyridine rings is 1. The van der Waals surface area contributed by atoms with E-state index in [0.717, 1.165) is 66.5 Å². The first kappa shape index (κ1) is 19.4. The molecule has 0 bridgehead atoms. The van der Waals surface area contributed by atoms with Gasteiger partial charge in [-0.3, -0.25) is 4.90 Å². The molecule has 0 saturated carbocycles. The zero-order chi connectivity index (χ0) is 21.7. The van der Waals surface area contributed by atoms with Crippen LogP contribution >= 0.6 is 0 Å². The Labute approximate surface area is 185 Å². The molecule has 2 fully saturated rings. The monoisotopic (exact) mass is 431 g/mol. The molecule has 9 heteroatoms. The largest absolute Gasteiger partial charge is 0.424 e. The maximum Gasteiger partial charge on any atom is 0.295 e. The number of ether oxygens (including phenoxy) is 1. The summed E-state index contributed by atoms with van der Waals surface area (Å²) >= 11 is 0. The number of morpholine rings is 1. The highest BCUT2D eigenvalue weighted by Gasteiger charge is 2.36. The minimum Gasteiger partial charge on any atom is -0.424 e. The third-order valence-electron chi connectivity index (χ3n) is 6.37. The van der Waals surface area contributed by atoms with Gasteiger partial charge in [-0.1, -0.05) is 0 Å². The predicted molar refractivity (Wildman–Crippen MR) is 123 cm³/mol. The van der Waals surface area contributed by atoms with Gasteiger partial charge in [-0.05, 0) is 37.3 Å². The van der Waals surface area contributed by atoms with Crippen LogP contribution in [-0.4, -0.2) is 76.8 Å². The van der Waals surface area contributed by atoms with Gasteiger partial charge in [0.15, 0.2) is 11.2 Å². The van der Waals surface area contributed by atoms with Crippen LogP contribution in [0.4, 0.5) is 11.8 Å². The number of fused-ring (bicyclic) bond motifs is 2. The molecule has 1 aromatic carbocycles. The molecule has 3 aromatic heterocycles. The van der Waals surface area contributed by atoms with Crippen LogP contribution in [0.15, 0.2) is 40.9 Å². The number of aromatic nitrogens is 4. The first-order valence-corrected chi connectivity index (χ1v) is 11.0. The molecule has 9 nitrogen and oxygen atoms in total. The second kappa shape index (κ2) is 7.68. The van der Waals surface area contributed by atoms with Gasteiger partial charge in [0.05, 0.1) is 25.1 Å². The molecule has 2 aliphatic rings. The number of benzene rings is 1. The van der Waals surface area contributed by atoms with E-state index in [-0.39, 0.29) is 0 Å². The molecule has 2 aliphatic heterocycles. The molecule has 32 heavy (non-hydrogen) atoms. The Bertz CT molecular complexity index is 1280. The van der Waals surface area contributed by atoms with E-state index in [2.05, 4.69) is 32.0 Å². The summed E-state index contributed by atoms with van der Waals surface area (Å²) in [6, 6.07) is 11.3. The summed E-state index contributed by atoms with van der Waals surface area (Å²) in [6.45, 7) is 6.79. The number of nitrogens with zero attached hydrogens (tertiary/aromatic N) is 6. The van der Waals surface area contributed by atoms with Gasteiger partial charge in [-0.15, -0.1) is 0 Å². The highest BCUT2D eigenvalue weighted by atomic mass is 16.5. The van der Waals surface area contributed by atoms with E-state index < -0.39 is 0 Å². The van der Waals surface area contributed by atoms with Crippen LogP contribution in [0.3, 0.4) is 0 Å². The van der Waals surface area contributed by atoms with E-state index >= 15 is 0 Å². The molecule has 0 aliphatic carbocycles. The summed E-state index contributed by atoms with van der Waals surface area (Å²) in [5.41, 5.74) is 4.77. The summed E-state index contributed by atoms with van der Waals surface area (Å²) in [4.78, 5) is 23.5. The van der Waals surface area contributed by atoms with Gasteiger partial charge in [0.25, 0.3) is 6.01 Å². The second-order valence-corrected chi connectivity index (χ2v) is 8.44. The average molecular weight is 432 g/mol. The highest BCUT2D eigenvalue weighted by molar-refractivity contribution is 5.82. The summed E-state index contributed by atoms with van der Waals surface area (Å²) < 4.78 is 11.2. The van der Waals surface area contributed by atoms with E-state index in [1.165, 1.54) is 0 Å². The van der Waals surface area contributed by atoms with Crippen LogP contribution in [0.5, 0.6) is 0 Å². The Kier molecular flexibility index (Phi) is 4.65. The maximum absolute atomic E-state index is 5.62. The number of anilines is 2. The number of oxazole rings is 1. The number of hydrogen-bond acceptors (Lipinski definition) is 9.